The lowest BCUT2D eigenvalue weighted by Crippen LogP contribution is -2.49. The van der Waals surface area contributed by atoms with Crippen LogP contribution in [0.5, 0.6) is 0 Å². The SMILES string of the molecule is NC(CCC(=O)NC(CSc1nc(Cl)c(Cl)cc1Cl)C(=O)NCC(=O)O)C(=O)O. The number of carboxylic acids is 2. The highest BCUT2D eigenvalue weighted by Crippen LogP contribution is 2.31. The Balaban J connectivity index is 2.81. The van der Waals surface area contributed by atoms with Gasteiger partial charge in [0.1, 0.15) is 28.8 Å². The number of hydrogen-bond donors (Lipinski definition) is 5. The van der Waals surface area contributed by atoms with Crippen LogP contribution in [-0.2, 0) is 19.2 Å². The maximum absolute atomic E-state index is 12.2. The number of aliphatic carboxylic acids is 2. The number of nitrogens with two attached hydrogens (primary N) is 1. The van der Waals surface area contributed by atoms with Gasteiger partial charge in [-0.05, 0) is 12.5 Å². The van der Waals surface area contributed by atoms with E-state index in [-0.39, 0.29) is 38.8 Å². The van der Waals surface area contributed by atoms with Gasteiger partial charge in [0.05, 0.1) is 10.0 Å². The molecule has 0 aliphatic heterocycles. The van der Waals surface area contributed by atoms with Crippen LogP contribution < -0.4 is 16.4 Å². The molecule has 0 fully saturated rings. The number of rotatable bonds is 11. The molecule has 0 aliphatic carbocycles. The summed E-state index contributed by atoms with van der Waals surface area (Å²) < 4.78 is 0. The van der Waals surface area contributed by atoms with Crippen LogP contribution in [0.2, 0.25) is 15.2 Å². The molecule has 6 N–H and O–H groups in total. The summed E-state index contributed by atoms with van der Waals surface area (Å²) in [6.45, 7) is -0.647. The van der Waals surface area contributed by atoms with Crippen LogP contribution in [0.15, 0.2) is 11.1 Å². The first-order chi connectivity index (χ1) is 13.5. The van der Waals surface area contributed by atoms with E-state index in [4.69, 9.17) is 50.7 Å². The molecule has 0 aromatic carbocycles. The minimum absolute atomic E-state index is 0.00265. The van der Waals surface area contributed by atoms with Crippen molar-refractivity contribution in [2.75, 3.05) is 12.3 Å². The Labute approximate surface area is 184 Å². The molecule has 2 unspecified atom stereocenters. The Morgan fingerprint density at radius 3 is 2.41 bits per heavy atom. The number of carbonyl (C=O) groups excluding carboxylic acids is 2. The predicted molar refractivity (Wildman–Crippen MR) is 107 cm³/mol. The molecule has 29 heavy (non-hydrogen) atoms. The normalized spacial score (nSPS) is 12.7. The van der Waals surface area contributed by atoms with Crippen molar-refractivity contribution in [3.05, 3.63) is 21.3 Å². The Kier molecular flexibility index (Phi) is 10.5. The molecular weight excluding hydrogens is 471 g/mol. The van der Waals surface area contributed by atoms with Crippen molar-refractivity contribution in [3.63, 3.8) is 0 Å². The summed E-state index contributed by atoms with van der Waals surface area (Å²) in [5.74, 6) is -3.98. The Morgan fingerprint density at radius 2 is 1.83 bits per heavy atom. The maximum Gasteiger partial charge on any atom is 0.322 e. The smallest absolute Gasteiger partial charge is 0.322 e. The van der Waals surface area contributed by atoms with Crippen LogP contribution in [-0.4, -0.2) is 63.3 Å². The third kappa shape index (κ3) is 9.05. The minimum atomic E-state index is -1.27. The summed E-state index contributed by atoms with van der Waals surface area (Å²) in [4.78, 5) is 49.6. The van der Waals surface area contributed by atoms with Crippen LogP contribution in [0.3, 0.4) is 0 Å². The number of thioether (sulfide) groups is 1. The molecular formula is C15H17Cl3N4O6S. The van der Waals surface area contributed by atoms with E-state index in [0.29, 0.717) is 0 Å². The second-order valence-electron chi connectivity index (χ2n) is 5.57. The number of amides is 2. The van der Waals surface area contributed by atoms with E-state index in [1.165, 1.54) is 6.07 Å². The molecule has 2 atom stereocenters. The molecule has 14 heteroatoms. The average Bonchev–Trinajstić information content (AvgIpc) is 2.64. The Bertz CT molecular complexity index is 798. The molecule has 2 amide bonds. The Morgan fingerprint density at radius 1 is 1.17 bits per heavy atom. The van der Waals surface area contributed by atoms with Gasteiger partial charge in [-0.3, -0.25) is 19.2 Å². The summed E-state index contributed by atoms with van der Waals surface area (Å²) in [6, 6.07) is -1.01. The number of nitrogens with zero attached hydrogens (tertiary/aromatic N) is 1. The van der Waals surface area contributed by atoms with Crippen molar-refractivity contribution in [1.82, 2.24) is 15.6 Å². The van der Waals surface area contributed by atoms with E-state index in [2.05, 4.69) is 15.6 Å². The standard InChI is InChI=1S/C15H17Cl3N4O6S/c16-6-3-7(17)14(22-12(6)18)29-5-9(13(26)20-4-11(24)25)21-10(23)2-1-8(19)15(27)28/h3,8-9H,1-2,4-5,19H2,(H,20,26)(H,21,23)(H,24,25)(H,27,28). The summed E-state index contributed by atoms with van der Waals surface area (Å²) in [5, 5.41) is 22.6. The van der Waals surface area contributed by atoms with Crippen LogP contribution >= 0.6 is 46.6 Å². The van der Waals surface area contributed by atoms with Gasteiger partial charge in [-0.1, -0.05) is 34.8 Å². The van der Waals surface area contributed by atoms with Crippen LogP contribution in [0.4, 0.5) is 0 Å². The van der Waals surface area contributed by atoms with E-state index in [1.807, 2.05) is 0 Å². The molecule has 1 heterocycles. The number of carbonyl (C=O) groups is 4. The number of nitrogens with one attached hydrogen (secondary N) is 2. The van der Waals surface area contributed by atoms with E-state index in [9.17, 15) is 19.2 Å². The fourth-order valence-corrected chi connectivity index (χ4v) is 3.46. The molecule has 1 aromatic rings. The highest BCUT2D eigenvalue weighted by Gasteiger charge is 2.23. The zero-order chi connectivity index (χ0) is 22.1. The molecule has 0 saturated heterocycles. The van der Waals surface area contributed by atoms with Crippen molar-refractivity contribution < 1.29 is 29.4 Å². The molecule has 1 aromatic heterocycles. The summed E-state index contributed by atoms with van der Waals surface area (Å²) >= 11 is 18.7. The van der Waals surface area contributed by atoms with Gasteiger partial charge < -0.3 is 26.6 Å². The number of aromatic nitrogens is 1. The molecule has 160 valence electrons. The van der Waals surface area contributed by atoms with Crippen LogP contribution in [0.1, 0.15) is 12.8 Å². The van der Waals surface area contributed by atoms with Gasteiger partial charge in [-0.25, -0.2) is 4.98 Å². The number of halogens is 3. The van der Waals surface area contributed by atoms with Gasteiger partial charge >= 0.3 is 11.9 Å². The van der Waals surface area contributed by atoms with Crippen molar-refractivity contribution in [3.8, 4) is 0 Å². The molecule has 10 nitrogen and oxygen atoms in total. The second kappa shape index (κ2) is 12.0. The highest BCUT2D eigenvalue weighted by atomic mass is 35.5. The van der Waals surface area contributed by atoms with Crippen molar-refractivity contribution >= 4 is 70.3 Å². The summed E-state index contributed by atoms with van der Waals surface area (Å²) in [6.07, 6.45) is -0.384. The van der Waals surface area contributed by atoms with Crippen molar-refractivity contribution in [2.24, 2.45) is 5.73 Å². The van der Waals surface area contributed by atoms with Gasteiger partial charge in [-0.15, -0.1) is 11.8 Å². The van der Waals surface area contributed by atoms with Crippen molar-refractivity contribution in [1.29, 1.82) is 0 Å². The number of carboxylic acid groups (broad SMARTS) is 2. The highest BCUT2D eigenvalue weighted by molar-refractivity contribution is 7.99. The first-order valence-corrected chi connectivity index (χ1v) is 10.0. The van der Waals surface area contributed by atoms with Gasteiger partial charge in [0.2, 0.25) is 11.8 Å². The van der Waals surface area contributed by atoms with Gasteiger partial charge in [0.15, 0.2) is 0 Å². The maximum atomic E-state index is 12.2. The topological polar surface area (TPSA) is 172 Å². The van der Waals surface area contributed by atoms with Crippen LogP contribution in [0, 0.1) is 0 Å². The molecule has 0 spiro atoms. The van der Waals surface area contributed by atoms with Gasteiger partial charge in [0.25, 0.3) is 0 Å². The predicted octanol–water partition coefficient (Wildman–Crippen LogP) is 1.01. The summed E-state index contributed by atoms with van der Waals surface area (Å²) in [5.41, 5.74) is 5.34. The Hall–Kier alpha value is -1.79. The van der Waals surface area contributed by atoms with E-state index in [1.54, 1.807) is 0 Å². The molecule has 0 radical (unpaired) electrons. The number of hydrogen-bond acceptors (Lipinski definition) is 7. The zero-order valence-corrected chi connectivity index (χ0v) is 17.7. The second-order valence-corrected chi connectivity index (χ2v) is 7.76. The lowest BCUT2D eigenvalue weighted by Gasteiger charge is -2.18. The fraction of sp³-hybridized carbons (Fsp3) is 0.400. The molecule has 0 saturated carbocycles. The molecule has 1 rings (SSSR count). The third-order valence-electron chi connectivity index (χ3n) is 3.31. The van der Waals surface area contributed by atoms with Crippen molar-refractivity contribution in [2.45, 2.75) is 30.0 Å². The first-order valence-electron chi connectivity index (χ1n) is 7.92. The molecule has 0 aliphatic rings. The van der Waals surface area contributed by atoms with E-state index < -0.39 is 42.4 Å². The lowest BCUT2D eigenvalue weighted by atomic mass is 10.1. The largest absolute Gasteiger partial charge is 0.480 e. The summed E-state index contributed by atoms with van der Waals surface area (Å²) in [7, 11) is 0. The van der Waals surface area contributed by atoms with E-state index in [0.717, 1.165) is 11.8 Å². The monoisotopic (exact) mass is 486 g/mol. The third-order valence-corrected chi connectivity index (χ3v) is 5.46. The van der Waals surface area contributed by atoms with Crippen LogP contribution in [0.25, 0.3) is 0 Å². The van der Waals surface area contributed by atoms with Gasteiger partial charge in [-0.2, -0.15) is 0 Å². The minimum Gasteiger partial charge on any atom is -0.480 e. The number of pyridine rings is 1. The average molecular weight is 488 g/mol. The molecule has 0 bridgehead atoms. The van der Waals surface area contributed by atoms with Gasteiger partial charge in [0, 0.05) is 12.2 Å². The quantitative estimate of drug-likeness (QED) is 0.225. The first kappa shape index (κ1) is 25.2. The lowest BCUT2D eigenvalue weighted by molar-refractivity contribution is -0.139. The fourth-order valence-electron chi connectivity index (χ4n) is 1.84. The zero-order valence-electron chi connectivity index (χ0n) is 14.7. The van der Waals surface area contributed by atoms with E-state index >= 15 is 0 Å².